The van der Waals surface area contributed by atoms with Crippen LogP contribution < -0.4 is 19.7 Å². The highest BCUT2D eigenvalue weighted by Crippen LogP contribution is 2.31. The first-order valence-corrected chi connectivity index (χ1v) is 9.03. The molecule has 142 valence electrons. The molecule has 0 spiro atoms. The number of carbonyl (C=O) groups is 2. The lowest BCUT2D eigenvalue weighted by atomic mass is 10.2. The fourth-order valence-corrected chi connectivity index (χ4v) is 3.06. The predicted octanol–water partition coefficient (Wildman–Crippen LogP) is 3.80. The number of aryl methyl sites for hydroxylation is 1. The van der Waals surface area contributed by atoms with E-state index in [0.717, 1.165) is 24.2 Å². The van der Waals surface area contributed by atoms with E-state index in [1.807, 2.05) is 19.1 Å². The van der Waals surface area contributed by atoms with Crippen molar-refractivity contribution in [1.82, 2.24) is 0 Å². The van der Waals surface area contributed by atoms with E-state index in [1.165, 1.54) is 7.11 Å². The average molecular weight is 389 g/mol. The van der Waals surface area contributed by atoms with Gasteiger partial charge in [-0.2, -0.15) is 0 Å². The number of carbonyl (C=O) groups excluding carboxylic acids is 2. The van der Waals surface area contributed by atoms with Gasteiger partial charge in [-0.15, -0.1) is 0 Å². The molecule has 1 heterocycles. The highest BCUT2D eigenvalue weighted by atomic mass is 35.5. The molecule has 27 heavy (non-hydrogen) atoms. The van der Waals surface area contributed by atoms with Gasteiger partial charge in [-0.3, -0.25) is 9.59 Å². The molecule has 1 fully saturated rings. The fourth-order valence-electron chi connectivity index (χ4n) is 2.91. The number of benzene rings is 2. The van der Waals surface area contributed by atoms with Crippen LogP contribution in [0.4, 0.5) is 11.4 Å². The van der Waals surface area contributed by atoms with Crippen LogP contribution in [0, 0.1) is 6.92 Å². The number of nitrogens with zero attached hydrogens (tertiary/aromatic N) is 1. The van der Waals surface area contributed by atoms with Gasteiger partial charge in [-0.25, -0.2) is 0 Å². The summed E-state index contributed by atoms with van der Waals surface area (Å²) < 4.78 is 10.8. The minimum Gasteiger partial charge on any atom is -0.495 e. The fraction of sp³-hybridized carbons (Fsp3) is 0.300. The number of nitrogens with one attached hydrogen (secondary N) is 1. The van der Waals surface area contributed by atoms with Crippen molar-refractivity contribution in [3.05, 3.63) is 47.0 Å². The van der Waals surface area contributed by atoms with E-state index in [9.17, 15) is 9.59 Å². The molecular weight excluding hydrogens is 368 g/mol. The van der Waals surface area contributed by atoms with Crippen molar-refractivity contribution < 1.29 is 19.1 Å². The van der Waals surface area contributed by atoms with E-state index < -0.39 is 0 Å². The first kappa shape index (κ1) is 19.0. The molecule has 2 amide bonds. The average Bonchev–Trinajstić information content (AvgIpc) is 3.09. The van der Waals surface area contributed by atoms with Gasteiger partial charge in [0.15, 0.2) is 6.61 Å². The van der Waals surface area contributed by atoms with Gasteiger partial charge in [0, 0.05) is 29.7 Å². The van der Waals surface area contributed by atoms with Gasteiger partial charge in [0.05, 0.1) is 12.8 Å². The van der Waals surface area contributed by atoms with Gasteiger partial charge in [-0.1, -0.05) is 11.6 Å². The van der Waals surface area contributed by atoms with E-state index in [2.05, 4.69) is 5.32 Å². The van der Waals surface area contributed by atoms with Crippen LogP contribution in [0.1, 0.15) is 18.4 Å². The Kier molecular flexibility index (Phi) is 5.86. The van der Waals surface area contributed by atoms with E-state index in [4.69, 9.17) is 21.1 Å². The van der Waals surface area contributed by atoms with Crippen LogP contribution in [-0.2, 0) is 9.59 Å². The molecule has 0 unspecified atom stereocenters. The molecule has 3 rings (SSSR count). The molecule has 0 saturated carbocycles. The third kappa shape index (κ3) is 4.52. The van der Waals surface area contributed by atoms with Crippen molar-refractivity contribution in [2.75, 3.05) is 30.5 Å². The van der Waals surface area contributed by atoms with Crippen LogP contribution in [0.3, 0.4) is 0 Å². The Labute approximate surface area is 163 Å². The summed E-state index contributed by atoms with van der Waals surface area (Å²) in [5.74, 6) is 0.863. The first-order valence-electron chi connectivity index (χ1n) is 8.65. The maximum Gasteiger partial charge on any atom is 0.262 e. The maximum atomic E-state index is 12.2. The van der Waals surface area contributed by atoms with Gasteiger partial charge in [0.25, 0.3) is 5.91 Å². The molecule has 0 aromatic heterocycles. The Morgan fingerprint density at radius 2 is 2.00 bits per heavy atom. The van der Waals surface area contributed by atoms with Crippen LogP contribution in [0.25, 0.3) is 0 Å². The largest absolute Gasteiger partial charge is 0.495 e. The standard InChI is InChI=1S/C20H21ClN2O4/c1-13-10-17(18(26-2)11-16(13)21)22-19(24)12-27-15-7-5-14(6-8-15)23-9-3-4-20(23)25/h5-8,10-11H,3-4,9,12H2,1-2H3,(H,22,24). The zero-order chi connectivity index (χ0) is 19.4. The van der Waals surface area contributed by atoms with E-state index >= 15 is 0 Å². The summed E-state index contributed by atoms with van der Waals surface area (Å²) in [4.78, 5) is 25.7. The Bertz CT molecular complexity index is 852. The van der Waals surface area contributed by atoms with E-state index in [0.29, 0.717) is 28.6 Å². The van der Waals surface area contributed by atoms with Crippen LogP contribution >= 0.6 is 11.6 Å². The topological polar surface area (TPSA) is 67.9 Å². The number of methoxy groups -OCH3 is 1. The summed E-state index contributed by atoms with van der Waals surface area (Å²) in [5, 5.41) is 3.33. The lowest BCUT2D eigenvalue weighted by molar-refractivity contribution is -0.118. The molecule has 2 aromatic rings. The highest BCUT2D eigenvalue weighted by molar-refractivity contribution is 6.31. The van der Waals surface area contributed by atoms with Gasteiger partial charge in [0.1, 0.15) is 11.5 Å². The third-order valence-corrected chi connectivity index (χ3v) is 4.75. The van der Waals surface area contributed by atoms with Crippen molar-refractivity contribution in [3.63, 3.8) is 0 Å². The molecule has 1 aliphatic rings. The normalized spacial score (nSPS) is 13.6. The van der Waals surface area contributed by atoms with Crippen LogP contribution in [0.15, 0.2) is 36.4 Å². The smallest absolute Gasteiger partial charge is 0.262 e. The lowest BCUT2D eigenvalue weighted by Crippen LogP contribution is -2.23. The maximum absolute atomic E-state index is 12.2. The zero-order valence-electron chi connectivity index (χ0n) is 15.3. The minimum absolute atomic E-state index is 0.134. The molecule has 1 saturated heterocycles. The number of anilines is 2. The number of rotatable bonds is 6. The molecule has 0 atom stereocenters. The quantitative estimate of drug-likeness (QED) is 0.817. The van der Waals surface area contributed by atoms with Crippen molar-refractivity contribution >= 4 is 34.8 Å². The third-order valence-electron chi connectivity index (χ3n) is 4.35. The molecule has 7 heteroatoms. The SMILES string of the molecule is COc1cc(Cl)c(C)cc1NC(=O)COc1ccc(N2CCCC2=O)cc1. The summed E-state index contributed by atoms with van der Waals surface area (Å²) in [5.41, 5.74) is 2.22. The first-order chi connectivity index (χ1) is 13.0. The van der Waals surface area contributed by atoms with E-state index in [1.54, 1.807) is 29.2 Å². The second kappa shape index (κ2) is 8.31. The van der Waals surface area contributed by atoms with Gasteiger partial charge in [0.2, 0.25) is 5.91 Å². The van der Waals surface area contributed by atoms with Crippen molar-refractivity contribution in [2.24, 2.45) is 0 Å². The Balaban J connectivity index is 1.58. The Hall–Kier alpha value is -2.73. The minimum atomic E-state index is -0.311. The lowest BCUT2D eigenvalue weighted by Gasteiger charge is -2.16. The Morgan fingerprint density at radius 1 is 1.26 bits per heavy atom. The molecule has 6 nitrogen and oxygen atoms in total. The number of hydrogen-bond acceptors (Lipinski definition) is 4. The molecule has 2 aromatic carbocycles. The number of ether oxygens (including phenoxy) is 2. The van der Waals surface area contributed by atoms with Crippen LogP contribution in [0.5, 0.6) is 11.5 Å². The van der Waals surface area contributed by atoms with Crippen molar-refractivity contribution in [3.8, 4) is 11.5 Å². The second-order valence-electron chi connectivity index (χ2n) is 6.28. The summed E-state index contributed by atoms with van der Waals surface area (Å²) >= 11 is 6.07. The van der Waals surface area contributed by atoms with Crippen molar-refractivity contribution in [1.29, 1.82) is 0 Å². The van der Waals surface area contributed by atoms with Gasteiger partial charge in [-0.05, 0) is 49.2 Å². The molecule has 0 bridgehead atoms. The molecule has 0 radical (unpaired) electrons. The highest BCUT2D eigenvalue weighted by Gasteiger charge is 2.21. The molecule has 1 N–H and O–H groups in total. The summed E-state index contributed by atoms with van der Waals surface area (Å²) in [6, 6.07) is 10.6. The Morgan fingerprint density at radius 3 is 2.63 bits per heavy atom. The number of hydrogen-bond donors (Lipinski definition) is 1. The number of amides is 2. The van der Waals surface area contributed by atoms with Crippen LogP contribution in [0.2, 0.25) is 5.02 Å². The molecule has 1 aliphatic heterocycles. The van der Waals surface area contributed by atoms with Gasteiger partial charge < -0.3 is 19.7 Å². The summed E-state index contributed by atoms with van der Waals surface area (Å²) in [6.45, 7) is 2.44. The molecular formula is C20H21ClN2O4. The van der Waals surface area contributed by atoms with E-state index in [-0.39, 0.29) is 18.4 Å². The van der Waals surface area contributed by atoms with Gasteiger partial charge >= 0.3 is 0 Å². The monoisotopic (exact) mass is 388 g/mol. The summed E-state index contributed by atoms with van der Waals surface area (Å²) in [7, 11) is 1.51. The van der Waals surface area contributed by atoms with Crippen molar-refractivity contribution in [2.45, 2.75) is 19.8 Å². The molecule has 0 aliphatic carbocycles. The number of halogens is 1. The second-order valence-corrected chi connectivity index (χ2v) is 6.69. The zero-order valence-corrected chi connectivity index (χ0v) is 16.0. The summed E-state index contributed by atoms with van der Waals surface area (Å²) in [6.07, 6.45) is 1.47. The predicted molar refractivity (Wildman–Crippen MR) is 105 cm³/mol. The van der Waals surface area contributed by atoms with Crippen LogP contribution in [-0.4, -0.2) is 32.1 Å².